The van der Waals surface area contributed by atoms with E-state index in [1.165, 1.54) is 0 Å². The molecule has 3 aromatic rings. The predicted molar refractivity (Wildman–Crippen MR) is 107 cm³/mol. The summed E-state index contributed by atoms with van der Waals surface area (Å²) in [7, 11) is 0. The van der Waals surface area contributed by atoms with Crippen molar-refractivity contribution in [2.75, 3.05) is 18.4 Å². The van der Waals surface area contributed by atoms with Gasteiger partial charge in [0.1, 0.15) is 0 Å². The van der Waals surface area contributed by atoms with Crippen LogP contribution in [0.15, 0.2) is 53.1 Å². The molecule has 1 saturated heterocycles. The number of anilines is 1. The Balaban J connectivity index is 1.34. The van der Waals surface area contributed by atoms with Crippen LogP contribution in [-0.4, -0.2) is 46.2 Å². The average molecular weight is 428 g/mol. The van der Waals surface area contributed by atoms with E-state index < -0.39 is 0 Å². The minimum Gasteiger partial charge on any atom is -0.337 e. The van der Waals surface area contributed by atoms with Crippen LogP contribution in [0.25, 0.3) is 10.9 Å². The van der Waals surface area contributed by atoms with Gasteiger partial charge in [0.15, 0.2) is 0 Å². The fourth-order valence-electron chi connectivity index (χ4n) is 3.21. The number of carbonyl (C=O) groups is 2. The van der Waals surface area contributed by atoms with Gasteiger partial charge in [-0.25, -0.2) is 4.79 Å². The molecule has 0 unspecified atom stereocenters. The number of H-pyrrole nitrogens is 1. The van der Waals surface area contributed by atoms with Gasteiger partial charge in [-0.05, 0) is 48.9 Å². The summed E-state index contributed by atoms with van der Waals surface area (Å²) in [5.74, 6) is -0.0317. The van der Waals surface area contributed by atoms with Gasteiger partial charge in [0, 0.05) is 40.2 Å². The van der Waals surface area contributed by atoms with Crippen LogP contribution in [0, 0.1) is 0 Å². The van der Waals surface area contributed by atoms with Gasteiger partial charge in [0.2, 0.25) is 0 Å². The number of hydrogen-bond donors (Lipinski definition) is 3. The van der Waals surface area contributed by atoms with Gasteiger partial charge in [-0.15, -0.1) is 0 Å². The molecular weight excluding hydrogens is 410 g/mol. The van der Waals surface area contributed by atoms with Crippen molar-refractivity contribution < 1.29 is 9.59 Å². The van der Waals surface area contributed by atoms with Crippen molar-refractivity contribution in [1.29, 1.82) is 0 Å². The van der Waals surface area contributed by atoms with Crippen molar-refractivity contribution in [3.63, 3.8) is 0 Å². The predicted octanol–water partition coefficient (Wildman–Crippen LogP) is 3.36. The summed E-state index contributed by atoms with van der Waals surface area (Å²) in [5, 5.41) is 13.5. The first-order valence-electron chi connectivity index (χ1n) is 8.64. The van der Waals surface area contributed by atoms with Crippen molar-refractivity contribution >= 4 is 44.5 Å². The molecule has 138 valence electrons. The SMILES string of the molecule is O=C(Nc1ccc(Br)cc1)N[C@@H]1CCN(C(=O)c2ccc3[nH]ncc3c2)C1. The number of halogens is 1. The number of likely N-dealkylation sites (tertiary alicyclic amines) is 1. The summed E-state index contributed by atoms with van der Waals surface area (Å²) in [5.41, 5.74) is 2.25. The quantitative estimate of drug-likeness (QED) is 0.598. The highest BCUT2D eigenvalue weighted by Crippen LogP contribution is 2.18. The fourth-order valence-corrected chi connectivity index (χ4v) is 3.47. The molecule has 1 atom stereocenters. The lowest BCUT2D eigenvalue weighted by atomic mass is 10.1. The lowest BCUT2D eigenvalue weighted by Crippen LogP contribution is -2.40. The molecule has 7 nitrogen and oxygen atoms in total. The Labute approximate surface area is 164 Å². The Morgan fingerprint density at radius 3 is 2.81 bits per heavy atom. The van der Waals surface area contributed by atoms with Crippen molar-refractivity contribution in [3.05, 3.63) is 58.7 Å². The highest BCUT2D eigenvalue weighted by atomic mass is 79.9. The van der Waals surface area contributed by atoms with Crippen LogP contribution in [-0.2, 0) is 0 Å². The molecule has 0 aliphatic carbocycles. The smallest absolute Gasteiger partial charge is 0.319 e. The molecule has 8 heteroatoms. The lowest BCUT2D eigenvalue weighted by Gasteiger charge is -2.17. The van der Waals surface area contributed by atoms with Crippen molar-refractivity contribution in [2.24, 2.45) is 0 Å². The van der Waals surface area contributed by atoms with Gasteiger partial charge in [0.25, 0.3) is 5.91 Å². The van der Waals surface area contributed by atoms with Crippen LogP contribution in [0.2, 0.25) is 0 Å². The van der Waals surface area contributed by atoms with E-state index in [2.05, 4.69) is 36.8 Å². The van der Waals surface area contributed by atoms with E-state index in [1.807, 2.05) is 36.4 Å². The Hall–Kier alpha value is -2.87. The molecule has 2 aromatic carbocycles. The second kappa shape index (κ2) is 7.40. The van der Waals surface area contributed by atoms with E-state index in [0.717, 1.165) is 27.5 Å². The summed E-state index contributed by atoms with van der Waals surface area (Å²) >= 11 is 3.36. The molecule has 1 fully saturated rings. The number of fused-ring (bicyclic) bond motifs is 1. The highest BCUT2D eigenvalue weighted by Gasteiger charge is 2.28. The first-order chi connectivity index (χ1) is 13.1. The zero-order chi connectivity index (χ0) is 18.8. The Morgan fingerprint density at radius 1 is 1.19 bits per heavy atom. The van der Waals surface area contributed by atoms with Crippen LogP contribution in [0.4, 0.5) is 10.5 Å². The van der Waals surface area contributed by atoms with E-state index >= 15 is 0 Å². The van der Waals surface area contributed by atoms with Gasteiger partial charge < -0.3 is 15.5 Å². The summed E-state index contributed by atoms with van der Waals surface area (Å²) in [6, 6.07) is 12.5. The molecule has 0 spiro atoms. The zero-order valence-corrected chi connectivity index (χ0v) is 16.0. The number of aromatic nitrogens is 2. The van der Waals surface area contributed by atoms with E-state index in [4.69, 9.17) is 0 Å². The third kappa shape index (κ3) is 3.95. The van der Waals surface area contributed by atoms with Crippen molar-refractivity contribution in [1.82, 2.24) is 20.4 Å². The fraction of sp³-hybridized carbons (Fsp3) is 0.211. The maximum absolute atomic E-state index is 12.7. The topological polar surface area (TPSA) is 90.1 Å². The molecule has 0 saturated carbocycles. The Kier molecular flexibility index (Phi) is 4.81. The highest BCUT2D eigenvalue weighted by molar-refractivity contribution is 9.10. The number of urea groups is 1. The first-order valence-corrected chi connectivity index (χ1v) is 9.43. The zero-order valence-electron chi connectivity index (χ0n) is 14.4. The normalized spacial score (nSPS) is 16.5. The average Bonchev–Trinajstić information content (AvgIpc) is 3.31. The molecule has 1 aromatic heterocycles. The minimum absolute atomic E-state index is 0.0317. The monoisotopic (exact) mass is 427 g/mol. The van der Waals surface area contributed by atoms with Crippen LogP contribution >= 0.6 is 15.9 Å². The van der Waals surface area contributed by atoms with Gasteiger partial charge in [-0.2, -0.15) is 5.10 Å². The maximum Gasteiger partial charge on any atom is 0.319 e. The molecule has 0 bridgehead atoms. The lowest BCUT2D eigenvalue weighted by molar-refractivity contribution is 0.0789. The number of rotatable bonds is 3. The van der Waals surface area contributed by atoms with E-state index in [1.54, 1.807) is 17.2 Å². The van der Waals surface area contributed by atoms with Crippen molar-refractivity contribution in [3.8, 4) is 0 Å². The van der Waals surface area contributed by atoms with Crippen LogP contribution in [0.1, 0.15) is 16.8 Å². The van der Waals surface area contributed by atoms with E-state index in [9.17, 15) is 9.59 Å². The maximum atomic E-state index is 12.7. The number of aromatic amines is 1. The summed E-state index contributed by atoms with van der Waals surface area (Å²) in [6.07, 6.45) is 2.43. The molecule has 0 radical (unpaired) electrons. The Morgan fingerprint density at radius 2 is 2.00 bits per heavy atom. The van der Waals surface area contributed by atoms with E-state index in [0.29, 0.717) is 18.7 Å². The number of amides is 3. The largest absolute Gasteiger partial charge is 0.337 e. The molecule has 1 aliphatic heterocycles. The standard InChI is InChI=1S/C19H18BrN5O2/c20-14-2-4-15(5-3-14)22-19(27)23-16-7-8-25(11-16)18(26)12-1-6-17-13(9-12)10-21-24-17/h1-6,9-10,16H,7-8,11H2,(H,21,24)(H2,22,23,27)/t16-/m1/s1. The number of nitrogens with one attached hydrogen (secondary N) is 3. The van der Waals surface area contributed by atoms with Crippen LogP contribution in [0.3, 0.4) is 0 Å². The van der Waals surface area contributed by atoms with Crippen LogP contribution < -0.4 is 10.6 Å². The molecule has 27 heavy (non-hydrogen) atoms. The molecule has 3 amide bonds. The third-order valence-electron chi connectivity index (χ3n) is 4.60. The summed E-state index contributed by atoms with van der Waals surface area (Å²) < 4.78 is 0.951. The van der Waals surface area contributed by atoms with Gasteiger partial charge in [-0.3, -0.25) is 9.89 Å². The van der Waals surface area contributed by atoms with E-state index in [-0.39, 0.29) is 18.0 Å². The van der Waals surface area contributed by atoms with Gasteiger partial charge >= 0.3 is 6.03 Å². The molecule has 1 aliphatic rings. The Bertz CT molecular complexity index is 985. The molecular formula is C19H18BrN5O2. The summed E-state index contributed by atoms with van der Waals surface area (Å²) in [6.45, 7) is 1.11. The second-order valence-electron chi connectivity index (χ2n) is 6.51. The first kappa shape index (κ1) is 17.5. The van der Waals surface area contributed by atoms with Crippen LogP contribution in [0.5, 0.6) is 0 Å². The second-order valence-corrected chi connectivity index (χ2v) is 7.43. The molecule has 2 heterocycles. The molecule has 3 N–H and O–H groups in total. The number of benzene rings is 2. The number of hydrogen-bond acceptors (Lipinski definition) is 3. The number of carbonyl (C=O) groups excluding carboxylic acids is 2. The van der Waals surface area contributed by atoms with Gasteiger partial charge in [-0.1, -0.05) is 15.9 Å². The van der Waals surface area contributed by atoms with Gasteiger partial charge in [0.05, 0.1) is 11.7 Å². The minimum atomic E-state index is -0.267. The van der Waals surface area contributed by atoms with Crippen molar-refractivity contribution in [2.45, 2.75) is 12.5 Å². The number of nitrogens with zero attached hydrogens (tertiary/aromatic N) is 2. The molecule has 4 rings (SSSR count). The summed E-state index contributed by atoms with van der Waals surface area (Å²) in [4.78, 5) is 26.7. The third-order valence-corrected chi connectivity index (χ3v) is 5.13.